The number of guanidine groups is 1. The van der Waals surface area contributed by atoms with E-state index < -0.39 is 0 Å². The molecule has 0 bridgehead atoms. The maximum atomic E-state index is 5.47. The Bertz CT molecular complexity index is 234. The van der Waals surface area contributed by atoms with Crippen LogP contribution < -0.4 is 16.6 Å². The van der Waals surface area contributed by atoms with Crippen LogP contribution in [0, 0.1) is 0 Å². The summed E-state index contributed by atoms with van der Waals surface area (Å²) in [5.41, 5.74) is 2.46. The molecule has 16 heavy (non-hydrogen) atoms. The zero-order valence-electron chi connectivity index (χ0n) is 10.5. The molecule has 0 saturated heterocycles. The van der Waals surface area contributed by atoms with Gasteiger partial charge in [0.05, 0.1) is 18.2 Å². The molecule has 1 aliphatic carbocycles. The van der Waals surface area contributed by atoms with Gasteiger partial charge in [0, 0.05) is 7.11 Å². The van der Waals surface area contributed by atoms with Gasteiger partial charge in [0.1, 0.15) is 0 Å². The van der Waals surface area contributed by atoms with Crippen LogP contribution in [0.5, 0.6) is 0 Å². The minimum Gasteiger partial charge on any atom is -0.382 e. The summed E-state index contributed by atoms with van der Waals surface area (Å²) < 4.78 is 5.14. The summed E-state index contributed by atoms with van der Waals surface area (Å²) in [6.07, 6.45) is 4.87. The van der Waals surface area contributed by atoms with E-state index in [-0.39, 0.29) is 5.54 Å². The highest BCUT2D eigenvalue weighted by Crippen LogP contribution is 2.20. The number of nitrogens with one attached hydrogen (secondary N) is 2. The molecule has 0 aromatic rings. The highest BCUT2D eigenvalue weighted by molar-refractivity contribution is 5.80. The molecule has 0 radical (unpaired) electrons. The third kappa shape index (κ3) is 4.37. The van der Waals surface area contributed by atoms with Gasteiger partial charge in [0.15, 0.2) is 0 Å². The topological polar surface area (TPSA) is 71.7 Å². The van der Waals surface area contributed by atoms with Crippen LogP contribution >= 0.6 is 0 Å². The Morgan fingerprint density at radius 2 is 2.06 bits per heavy atom. The predicted molar refractivity (Wildman–Crippen MR) is 66.1 cm³/mol. The number of methoxy groups -OCH3 is 1. The van der Waals surface area contributed by atoms with E-state index >= 15 is 0 Å². The van der Waals surface area contributed by atoms with Crippen LogP contribution in [0.1, 0.15) is 39.5 Å². The van der Waals surface area contributed by atoms with Crippen LogP contribution in [-0.4, -0.2) is 31.3 Å². The minimum absolute atomic E-state index is 0.168. The first-order valence-corrected chi connectivity index (χ1v) is 5.89. The van der Waals surface area contributed by atoms with Gasteiger partial charge in [-0.3, -0.25) is 5.43 Å². The molecule has 5 nitrogen and oxygen atoms in total. The molecule has 1 fully saturated rings. The Morgan fingerprint density at radius 3 is 2.56 bits per heavy atom. The number of rotatable bonds is 4. The molecule has 5 heteroatoms. The molecule has 4 N–H and O–H groups in total. The summed E-state index contributed by atoms with van der Waals surface area (Å²) in [5, 5.41) is 3.26. The Hall–Kier alpha value is -0.810. The number of aliphatic imine (C=N–C) groups is 1. The van der Waals surface area contributed by atoms with Gasteiger partial charge in [0.2, 0.25) is 5.96 Å². The molecule has 0 aliphatic heterocycles. The van der Waals surface area contributed by atoms with Gasteiger partial charge in [-0.05, 0) is 26.7 Å². The van der Waals surface area contributed by atoms with Crippen LogP contribution in [0.15, 0.2) is 4.99 Å². The van der Waals surface area contributed by atoms with E-state index in [1.165, 1.54) is 12.8 Å². The van der Waals surface area contributed by atoms with E-state index in [1.807, 2.05) is 0 Å². The molecule has 94 valence electrons. The second-order valence-electron chi connectivity index (χ2n) is 5.00. The van der Waals surface area contributed by atoms with Crippen LogP contribution in [0.25, 0.3) is 0 Å². The number of ether oxygens (including phenoxy) is 1. The maximum absolute atomic E-state index is 5.47. The summed E-state index contributed by atoms with van der Waals surface area (Å²) in [6.45, 7) is 4.72. The van der Waals surface area contributed by atoms with Crippen molar-refractivity contribution in [2.45, 2.75) is 51.1 Å². The van der Waals surface area contributed by atoms with Crippen LogP contribution in [0.2, 0.25) is 0 Å². The van der Waals surface area contributed by atoms with Gasteiger partial charge >= 0.3 is 0 Å². The number of hydrazine groups is 1. The zero-order chi connectivity index (χ0) is 12.0. The van der Waals surface area contributed by atoms with Gasteiger partial charge in [-0.1, -0.05) is 12.8 Å². The van der Waals surface area contributed by atoms with E-state index in [0.29, 0.717) is 18.6 Å². The third-order valence-electron chi connectivity index (χ3n) is 2.74. The molecule has 1 aliphatic rings. The second kappa shape index (κ2) is 6.06. The Morgan fingerprint density at radius 1 is 1.44 bits per heavy atom. The Labute approximate surface area is 97.8 Å². The lowest BCUT2D eigenvalue weighted by Crippen LogP contribution is -2.53. The molecule has 0 unspecified atom stereocenters. The normalized spacial score (nSPS) is 18.9. The SMILES string of the molecule is COCC(C)(C)NC(=NC1CCCC1)NN. The molecule has 0 aromatic carbocycles. The molecule has 0 amide bonds. The molecular weight excluding hydrogens is 204 g/mol. The first-order chi connectivity index (χ1) is 7.57. The summed E-state index contributed by atoms with van der Waals surface area (Å²) in [7, 11) is 1.69. The summed E-state index contributed by atoms with van der Waals surface area (Å²) in [4.78, 5) is 4.58. The Balaban J connectivity index is 2.52. The van der Waals surface area contributed by atoms with Crippen molar-refractivity contribution >= 4 is 5.96 Å². The van der Waals surface area contributed by atoms with E-state index in [1.54, 1.807) is 7.11 Å². The predicted octanol–water partition coefficient (Wildman–Crippen LogP) is 0.763. The molecule has 1 rings (SSSR count). The molecular formula is C11H24N4O. The van der Waals surface area contributed by atoms with Crippen LogP contribution in [0.3, 0.4) is 0 Å². The van der Waals surface area contributed by atoms with Crippen molar-refractivity contribution in [2.24, 2.45) is 10.8 Å². The molecule has 0 spiro atoms. The standard InChI is InChI=1S/C11H24N4O/c1-11(2,8-16-3)14-10(15-12)13-9-6-4-5-7-9/h9H,4-8,12H2,1-3H3,(H2,13,14,15). The Kier molecular flexibility index (Phi) is 5.02. The molecule has 1 saturated carbocycles. The fourth-order valence-corrected chi connectivity index (χ4v) is 2.04. The average Bonchev–Trinajstić information content (AvgIpc) is 2.69. The first-order valence-electron chi connectivity index (χ1n) is 5.89. The van der Waals surface area contributed by atoms with Gasteiger partial charge < -0.3 is 10.1 Å². The maximum Gasteiger partial charge on any atom is 0.206 e. The number of nitrogens with zero attached hydrogens (tertiary/aromatic N) is 1. The van der Waals surface area contributed by atoms with Crippen LogP contribution in [-0.2, 0) is 4.74 Å². The van der Waals surface area contributed by atoms with Crippen molar-refractivity contribution in [1.82, 2.24) is 10.7 Å². The molecule has 0 aromatic heterocycles. The number of hydrogen-bond donors (Lipinski definition) is 3. The first kappa shape index (κ1) is 13.3. The van der Waals surface area contributed by atoms with Crippen molar-refractivity contribution in [2.75, 3.05) is 13.7 Å². The summed E-state index contributed by atoms with van der Waals surface area (Å²) in [6, 6.07) is 0.414. The summed E-state index contributed by atoms with van der Waals surface area (Å²) in [5.74, 6) is 6.13. The van der Waals surface area contributed by atoms with Crippen LogP contribution in [0.4, 0.5) is 0 Å². The van der Waals surface area contributed by atoms with E-state index in [0.717, 1.165) is 12.8 Å². The number of hydrogen-bond acceptors (Lipinski definition) is 3. The van der Waals surface area contributed by atoms with Gasteiger partial charge in [-0.25, -0.2) is 10.8 Å². The lowest BCUT2D eigenvalue weighted by molar-refractivity contribution is 0.139. The average molecular weight is 228 g/mol. The van der Waals surface area contributed by atoms with Crippen molar-refractivity contribution < 1.29 is 4.74 Å². The zero-order valence-corrected chi connectivity index (χ0v) is 10.5. The smallest absolute Gasteiger partial charge is 0.206 e. The number of nitrogens with two attached hydrogens (primary N) is 1. The largest absolute Gasteiger partial charge is 0.382 e. The van der Waals surface area contributed by atoms with E-state index in [2.05, 4.69) is 29.6 Å². The lowest BCUT2D eigenvalue weighted by atomic mass is 10.1. The highest BCUT2D eigenvalue weighted by atomic mass is 16.5. The van der Waals surface area contributed by atoms with E-state index in [9.17, 15) is 0 Å². The van der Waals surface area contributed by atoms with Gasteiger partial charge in [-0.2, -0.15) is 0 Å². The molecule has 0 heterocycles. The third-order valence-corrected chi connectivity index (χ3v) is 2.74. The second-order valence-corrected chi connectivity index (χ2v) is 5.00. The fraction of sp³-hybridized carbons (Fsp3) is 0.909. The van der Waals surface area contributed by atoms with Crippen molar-refractivity contribution in [3.05, 3.63) is 0 Å². The lowest BCUT2D eigenvalue weighted by Gasteiger charge is -2.27. The summed E-state index contributed by atoms with van der Waals surface area (Å²) >= 11 is 0. The van der Waals surface area contributed by atoms with Crippen molar-refractivity contribution in [3.8, 4) is 0 Å². The van der Waals surface area contributed by atoms with Gasteiger partial charge in [0.25, 0.3) is 0 Å². The fourth-order valence-electron chi connectivity index (χ4n) is 2.04. The quantitative estimate of drug-likeness (QED) is 0.287. The van der Waals surface area contributed by atoms with Crippen molar-refractivity contribution in [3.63, 3.8) is 0 Å². The van der Waals surface area contributed by atoms with Gasteiger partial charge in [-0.15, -0.1) is 0 Å². The highest BCUT2D eigenvalue weighted by Gasteiger charge is 2.20. The van der Waals surface area contributed by atoms with E-state index in [4.69, 9.17) is 10.6 Å². The monoisotopic (exact) mass is 228 g/mol. The minimum atomic E-state index is -0.168. The van der Waals surface area contributed by atoms with Crippen molar-refractivity contribution in [1.29, 1.82) is 0 Å². The molecule has 0 atom stereocenters.